The van der Waals surface area contributed by atoms with Crippen LogP contribution in [0.1, 0.15) is 47.0 Å². The van der Waals surface area contributed by atoms with Crippen LogP contribution in [0.5, 0.6) is 0 Å². The first-order chi connectivity index (χ1) is 6.92. The second kappa shape index (κ2) is 2.59. The molecular weight excluding hydrogens is 180 g/mol. The molecule has 82 valence electrons. The maximum absolute atomic E-state index is 2.58. The molecule has 0 heterocycles. The Morgan fingerprint density at radius 3 is 2.67 bits per heavy atom. The van der Waals surface area contributed by atoms with E-state index in [-0.39, 0.29) is 0 Å². The zero-order chi connectivity index (χ0) is 10.8. The zero-order valence-electron chi connectivity index (χ0n) is 10.4. The van der Waals surface area contributed by atoms with Crippen LogP contribution in [0.25, 0.3) is 0 Å². The van der Waals surface area contributed by atoms with Crippen LogP contribution in [0.2, 0.25) is 0 Å². The van der Waals surface area contributed by atoms with Crippen LogP contribution in [0.4, 0.5) is 0 Å². The Bertz CT molecular complexity index is 369. The monoisotopic (exact) mass is 202 g/mol. The van der Waals surface area contributed by atoms with Gasteiger partial charge in [-0.2, -0.15) is 0 Å². The number of hydrogen-bond donors (Lipinski definition) is 0. The third kappa shape index (κ3) is 1.26. The van der Waals surface area contributed by atoms with Gasteiger partial charge in [0.2, 0.25) is 0 Å². The maximum atomic E-state index is 2.58. The van der Waals surface area contributed by atoms with Gasteiger partial charge in [-0.05, 0) is 53.1 Å². The van der Waals surface area contributed by atoms with Gasteiger partial charge in [-0.1, -0.05) is 39.8 Å². The van der Waals surface area contributed by atoms with Crippen LogP contribution in [0.15, 0.2) is 23.3 Å². The van der Waals surface area contributed by atoms with E-state index in [1.807, 2.05) is 0 Å². The van der Waals surface area contributed by atoms with Crippen molar-refractivity contribution in [1.29, 1.82) is 0 Å². The second-order valence-electron chi connectivity index (χ2n) is 6.87. The largest absolute Gasteiger partial charge is 0.0799 e. The first-order valence-corrected chi connectivity index (χ1v) is 6.36. The topological polar surface area (TPSA) is 0 Å². The minimum absolute atomic E-state index is 0.423. The minimum atomic E-state index is 0.423. The van der Waals surface area contributed by atoms with Gasteiger partial charge in [0, 0.05) is 0 Å². The van der Waals surface area contributed by atoms with Crippen molar-refractivity contribution >= 4 is 0 Å². The van der Waals surface area contributed by atoms with Crippen LogP contribution in [-0.2, 0) is 0 Å². The van der Waals surface area contributed by atoms with Crippen molar-refractivity contribution in [2.24, 2.45) is 22.7 Å². The lowest BCUT2D eigenvalue weighted by Crippen LogP contribution is -2.09. The third-order valence-corrected chi connectivity index (χ3v) is 4.86. The molecule has 0 radical (unpaired) electrons. The summed E-state index contributed by atoms with van der Waals surface area (Å²) in [6.45, 7) is 9.69. The van der Waals surface area contributed by atoms with Gasteiger partial charge >= 0.3 is 0 Å². The van der Waals surface area contributed by atoms with E-state index in [0.717, 1.165) is 11.8 Å². The predicted molar refractivity (Wildman–Crippen MR) is 64.6 cm³/mol. The van der Waals surface area contributed by atoms with Crippen LogP contribution in [0.3, 0.4) is 0 Å². The molecule has 0 spiro atoms. The molecule has 0 N–H and O–H groups in total. The standard InChI is InChI=1S/C15H22/c1-10-5-6-13-12(10)9-14(2,3)7-11-8-15(11,13)4/h6,9-11H,5,7-8H2,1-4H3/t10-,11?,15-/m1/s1. The fraction of sp³-hybridized carbons (Fsp3) is 0.733. The normalized spacial score (nSPS) is 46.1. The summed E-state index contributed by atoms with van der Waals surface area (Å²) in [5.74, 6) is 1.73. The van der Waals surface area contributed by atoms with Crippen LogP contribution in [0, 0.1) is 22.7 Å². The van der Waals surface area contributed by atoms with E-state index in [0.29, 0.717) is 10.8 Å². The summed E-state index contributed by atoms with van der Waals surface area (Å²) in [4.78, 5) is 0. The van der Waals surface area contributed by atoms with Crippen LogP contribution < -0.4 is 0 Å². The number of rotatable bonds is 0. The fourth-order valence-corrected chi connectivity index (χ4v) is 3.78. The summed E-state index contributed by atoms with van der Waals surface area (Å²) >= 11 is 0. The van der Waals surface area contributed by atoms with Gasteiger partial charge in [-0.3, -0.25) is 0 Å². The number of fused-ring (bicyclic) bond motifs is 3. The zero-order valence-corrected chi connectivity index (χ0v) is 10.4. The van der Waals surface area contributed by atoms with Gasteiger partial charge in [0.15, 0.2) is 0 Å². The first-order valence-electron chi connectivity index (χ1n) is 6.36. The molecule has 1 fully saturated rings. The molecule has 15 heavy (non-hydrogen) atoms. The summed E-state index contributed by atoms with van der Waals surface area (Å²) in [7, 11) is 0. The molecule has 1 saturated carbocycles. The predicted octanol–water partition coefficient (Wildman–Crippen LogP) is 4.34. The van der Waals surface area contributed by atoms with Crippen molar-refractivity contribution in [2.75, 3.05) is 0 Å². The Morgan fingerprint density at radius 1 is 1.20 bits per heavy atom. The summed E-state index contributed by atoms with van der Waals surface area (Å²) in [6, 6.07) is 0. The second-order valence-corrected chi connectivity index (χ2v) is 6.87. The molecule has 3 aliphatic carbocycles. The molecule has 0 aromatic carbocycles. The van der Waals surface area contributed by atoms with Gasteiger partial charge in [0.05, 0.1) is 0 Å². The first kappa shape index (κ1) is 9.69. The van der Waals surface area contributed by atoms with Crippen molar-refractivity contribution in [3.8, 4) is 0 Å². The highest BCUT2D eigenvalue weighted by molar-refractivity contribution is 5.48. The summed E-state index contributed by atoms with van der Waals surface area (Å²) in [5, 5.41) is 0. The molecule has 0 heteroatoms. The van der Waals surface area contributed by atoms with E-state index < -0.39 is 0 Å². The van der Waals surface area contributed by atoms with Crippen LogP contribution >= 0.6 is 0 Å². The average Bonchev–Trinajstić information content (AvgIpc) is 2.59. The molecule has 3 rings (SSSR count). The fourth-order valence-electron chi connectivity index (χ4n) is 3.78. The van der Waals surface area contributed by atoms with Crippen molar-refractivity contribution in [3.05, 3.63) is 23.3 Å². The van der Waals surface area contributed by atoms with E-state index >= 15 is 0 Å². The molecule has 0 saturated heterocycles. The molecule has 0 amide bonds. The van der Waals surface area contributed by atoms with Crippen molar-refractivity contribution in [1.82, 2.24) is 0 Å². The Labute approximate surface area is 93.5 Å². The average molecular weight is 202 g/mol. The quantitative estimate of drug-likeness (QED) is 0.548. The molecule has 0 bridgehead atoms. The van der Waals surface area contributed by atoms with Crippen molar-refractivity contribution < 1.29 is 0 Å². The van der Waals surface area contributed by atoms with E-state index in [1.54, 1.807) is 11.1 Å². The Morgan fingerprint density at radius 2 is 1.93 bits per heavy atom. The minimum Gasteiger partial charge on any atom is -0.0799 e. The lowest BCUT2D eigenvalue weighted by atomic mass is 9.84. The van der Waals surface area contributed by atoms with E-state index in [4.69, 9.17) is 0 Å². The van der Waals surface area contributed by atoms with Gasteiger partial charge in [-0.25, -0.2) is 0 Å². The summed E-state index contributed by atoms with van der Waals surface area (Å²) in [6.07, 6.45) is 9.20. The number of allylic oxidation sites excluding steroid dienone is 4. The number of hydrogen-bond acceptors (Lipinski definition) is 0. The van der Waals surface area contributed by atoms with Crippen molar-refractivity contribution in [3.63, 3.8) is 0 Å². The highest BCUT2D eigenvalue weighted by atomic mass is 14.6. The Kier molecular flexibility index (Phi) is 1.67. The van der Waals surface area contributed by atoms with Gasteiger partial charge in [0.25, 0.3) is 0 Å². The van der Waals surface area contributed by atoms with E-state index in [9.17, 15) is 0 Å². The highest BCUT2D eigenvalue weighted by Crippen LogP contribution is 2.66. The van der Waals surface area contributed by atoms with Gasteiger partial charge < -0.3 is 0 Å². The molecule has 0 nitrogen and oxygen atoms in total. The Hall–Kier alpha value is -0.520. The molecule has 3 atom stereocenters. The summed E-state index contributed by atoms with van der Waals surface area (Å²) < 4.78 is 0. The van der Waals surface area contributed by atoms with Crippen molar-refractivity contribution in [2.45, 2.75) is 47.0 Å². The lowest BCUT2D eigenvalue weighted by molar-refractivity contribution is 0.388. The van der Waals surface area contributed by atoms with Gasteiger partial charge in [0.1, 0.15) is 0 Å². The molecule has 3 aliphatic rings. The van der Waals surface area contributed by atoms with Gasteiger partial charge in [-0.15, -0.1) is 0 Å². The molecule has 0 aliphatic heterocycles. The molecular formula is C15H22. The van der Waals surface area contributed by atoms with E-state index in [1.165, 1.54) is 19.3 Å². The molecule has 0 aromatic heterocycles. The smallest absolute Gasteiger partial charge is 0.00439 e. The summed E-state index contributed by atoms with van der Waals surface area (Å²) in [5.41, 5.74) is 4.38. The SMILES string of the molecule is C[C@@H]1CC=C2C1=CC(C)(C)CC1C[C@@]21C. The van der Waals surface area contributed by atoms with Crippen LogP contribution in [-0.4, -0.2) is 0 Å². The van der Waals surface area contributed by atoms with E-state index in [2.05, 4.69) is 39.8 Å². The third-order valence-electron chi connectivity index (χ3n) is 4.86. The highest BCUT2D eigenvalue weighted by Gasteiger charge is 2.56. The lowest BCUT2D eigenvalue weighted by Gasteiger charge is -2.21. The molecule has 0 aromatic rings. The maximum Gasteiger partial charge on any atom is -0.00439 e. The molecule has 1 unspecified atom stereocenters. The Balaban J connectivity index is 2.09.